The van der Waals surface area contributed by atoms with Crippen molar-refractivity contribution in [2.45, 2.75) is 53.0 Å². The molecule has 3 heteroatoms. The fourth-order valence-electron chi connectivity index (χ4n) is 1.31. The van der Waals surface area contributed by atoms with Gasteiger partial charge in [-0.05, 0) is 18.3 Å². The molecule has 15 heavy (non-hydrogen) atoms. The first kappa shape index (κ1) is 14.4. The largest absolute Gasteiger partial charge is 0.355 e. The van der Waals surface area contributed by atoms with Crippen molar-refractivity contribution in [3.63, 3.8) is 0 Å². The van der Waals surface area contributed by atoms with Crippen LogP contribution < -0.4 is 11.1 Å². The molecule has 0 aromatic carbocycles. The Labute approximate surface area is 93.8 Å². The van der Waals surface area contributed by atoms with E-state index in [-0.39, 0.29) is 17.9 Å². The molecule has 3 N–H and O–H groups in total. The summed E-state index contributed by atoms with van der Waals surface area (Å²) in [6, 6.07) is -0.366. The Kier molecular flexibility index (Phi) is 7.39. The highest BCUT2D eigenvalue weighted by Gasteiger charge is 2.15. The minimum Gasteiger partial charge on any atom is -0.355 e. The predicted octanol–water partition coefficient (Wildman–Crippen LogP) is 1.91. The van der Waals surface area contributed by atoms with Crippen LogP contribution in [-0.2, 0) is 4.79 Å². The average Bonchev–Trinajstić information content (AvgIpc) is 2.15. The molecule has 0 aliphatic rings. The molecule has 0 heterocycles. The van der Waals surface area contributed by atoms with Crippen molar-refractivity contribution in [1.82, 2.24) is 5.32 Å². The summed E-state index contributed by atoms with van der Waals surface area (Å²) in [5, 5.41) is 2.87. The molecule has 90 valence electrons. The number of nitrogens with one attached hydrogen (secondary N) is 1. The Morgan fingerprint density at radius 2 is 1.80 bits per heavy atom. The summed E-state index contributed by atoms with van der Waals surface area (Å²) >= 11 is 0. The van der Waals surface area contributed by atoms with E-state index in [4.69, 9.17) is 5.73 Å². The molecule has 3 nitrogen and oxygen atoms in total. The molecule has 0 radical (unpaired) electrons. The smallest absolute Gasteiger partial charge is 0.237 e. The third-order valence-electron chi connectivity index (χ3n) is 2.53. The van der Waals surface area contributed by atoms with Crippen molar-refractivity contribution in [1.29, 1.82) is 0 Å². The van der Waals surface area contributed by atoms with Crippen LogP contribution in [0.2, 0.25) is 0 Å². The number of unbranched alkanes of at least 4 members (excludes halogenated alkanes) is 1. The molecule has 0 saturated heterocycles. The molecule has 0 fully saturated rings. The van der Waals surface area contributed by atoms with Gasteiger partial charge in [-0.3, -0.25) is 4.79 Å². The third-order valence-corrected chi connectivity index (χ3v) is 2.53. The topological polar surface area (TPSA) is 55.1 Å². The molecule has 1 amide bonds. The summed E-state index contributed by atoms with van der Waals surface area (Å²) in [7, 11) is 0. The molecule has 0 rings (SSSR count). The lowest BCUT2D eigenvalue weighted by molar-refractivity contribution is -0.123. The molecule has 0 aliphatic carbocycles. The maximum atomic E-state index is 11.4. The van der Waals surface area contributed by atoms with Gasteiger partial charge in [0.2, 0.25) is 5.91 Å². The molecule has 1 unspecified atom stereocenters. The maximum Gasteiger partial charge on any atom is 0.237 e. The minimum absolute atomic E-state index is 0.0189. The fourth-order valence-corrected chi connectivity index (χ4v) is 1.31. The van der Waals surface area contributed by atoms with E-state index in [1.54, 1.807) is 0 Å². The van der Waals surface area contributed by atoms with E-state index < -0.39 is 0 Å². The Bertz CT molecular complexity index is 178. The van der Waals surface area contributed by atoms with Crippen LogP contribution in [0.5, 0.6) is 0 Å². The normalized spacial score (nSPS) is 13.3. The van der Waals surface area contributed by atoms with Crippen molar-refractivity contribution in [3.8, 4) is 0 Å². The van der Waals surface area contributed by atoms with Crippen molar-refractivity contribution in [3.05, 3.63) is 0 Å². The van der Waals surface area contributed by atoms with E-state index in [1.165, 1.54) is 12.8 Å². The summed E-state index contributed by atoms with van der Waals surface area (Å²) in [5.74, 6) is 0.939. The van der Waals surface area contributed by atoms with Gasteiger partial charge in [0.15, 0.2) is 0 Å². The van der Waals surface area contributed by atoms with Gasteiger partial charge < -0.3 is 11.1 Å². The minimum atomic E-state index is -0.366. The second-order valence-corrected chi connectivity index (χ2v) is 4.95. The lowest BCUT2D eigenvalue weighted by Crippen LogP contribution is -2.44. The number of carbonyl (C=O) groups is 1. The fraction of sp³-hybridized carbons (Fsp3) is 0.917. The van der Waals surface area contributed by atoms with E-state index in [1.807, 2.05) is 13.8 Å². The SMILES string of the molecule is CC(C)CCCCNC(=O)C(N)C(C)C. The van der Waals surface area contributed by atoms with Gasteiger partial charge in [0, 0.05) is 6.54 Å². The van der Waals surface area contributed by atoms with Gasteiger partial charge >= 0.3 is 0 Å². The number of rotatable bonds is 7. The van der Waals surface area contributed by atoms with Gasteiger partial charge in [-0.15, -0.1) is 0 Å². The van der Waals surface area contributed by atoms with Crippen LogP contribution in [0.15, 0.2) is 0 Å². The molecule has 0 aliphatic heterocycles. The number of nitrogens with two attached hydrogens (primary N) is 1. The molecule has 0 saturated carbocycles. The number of carbonyl (C=O) groups excluding carboxylic acids is 1. The summed E-state index contributed by atoms with van der Waals surface area (Å²) in [4.78, 5) is 11.4. The highest BCUT2D eigenvalue weighted by molar-refractivity contribution is 5.81. The summed E-state index contributed by atoms with van der Waals surface area (Å²) in [6.07, 6.45) is 3.45. The Morgan fingerprint density at radius 3 is 2.27 bits per heavy atom. The molecular weight excluding hydrogens is 188 g/mol. The van der Waals surface area contributed by atoms with E-state index >= 15 is 0 Å². The summed E-state index contributed by atoms with van der Waals surface area (Å²) in [6.45, 7) is 9.11. The van der Waals surface area contributed by atoms with Crippen LogP contribution in [0.1, 0.15) is 47.0 Å². The van der Waals surface area contributed by atoms with Gasteiger partial charge in [0.05, 0.1) is 6.04 Å². The van der Waals surface area contributed by atoms with Crippen molar-refractivity contribution < 1.29 is 4.79 Å². The average molecular weight is 214 g/mol. The van der Waals surface area contributed by atoms with Crippen LogP contribution in [-0.4, -0.2) is 18.5 Å². The zero-order valence-corrected chi connectivity index (χ0v) is 10.5. The van der Waals surface area contributed by atoms with Crippen LogP contribution >= 0.6 is 0 Å². The van der Waals surface area contributed by atoms with E-state index in [9.17, 15) is 4.79 Å². The highest BCUT2D eigenvalue weighted by atomic mass is 16.2. The summed E-state index contributed by atoms with van der Waals surface area (Å²) in [5.41, 5.74) is 5.71. The van der Waals surface area contributed by atoms with Gasteiger partial charge in [0.1, 0.15) is 0 Å². The van der Waals surface area contributed by atoms with E-state index in [2.05, 4.69) is 19.2 Å². The van der Waals surface area contributed by atoms with Crippen LogP contribution in [0.25, 0.3) is 0 Å². The molecule has 1 atom stereocenters. The number of hydrogen-bond donors (Lipinski definition) is 2. The first-order valence-corrected chi connectivity index (χ1v) is 5.98. The maximum absolute atomic E-state index is 11.4. The molecule has 0 bridgehead atoms. The highest BCUT2D eigenvalue weighted by Crippen LogP contribution is 2.05. The molecule has 0 aromatic heterocycles. The van der Waals surface area contributed by atoms with Crippen LogP contribution in [0.4, 0.5) is 0 Å². The number of amides is 1. The van der Waals surface area contributed by atoms with Crippen molar-refractivity contribution in [2.75, 3.05) is 6.54 Å². The standard InChI is InChI=1S/C12H26N2O/c1-9(2)7-5-6-8-14-12(15)11(13)10(3)4/h9-11H,5-8,13H2,1-4H3,(H,14,15). The zero-order chi connectivity index (χ0) is 11.8. The van der Waals surface area contributed by atoms with Gasteiger partial charge in [-0.2, -0.15) is 0 Å². The predicted molar refractivity (Wildman–Crippen MR) is 64.5 cm³/mol. The molecule has 0 aromatic rings. The van der Waals surface area contributed by atoms with Crippen LogP contribution in [0.3, 0.4) is 0 Å². The van der Waals surface area contributed by atoms with Gasteiger partial charge in [-0.25, -0.2) is 0 Å². The number of hydrogen-bond acceptors (Lipinski definition) is 2. The molecular formula is C12H26N2O. The lowest BCUT2D eigenvalue weighted by Gasteiger charge is -2.15. The monoisotopic (exact) mass is 214 g/mol. The quantitative estimate of drug-likeness (QED) is 0.636. The first-order valence-electron chi connectivity index (χ1n) is 5.98. The Balaban J connectivity index is 3.47. The van der Waals surface area contributed by atoms with Gasteiger partial charge in [0.25, 0.3) is 0 Å². The Hall–Kier alpha value is -0.570. The van der Waals surface area contributed by atoms with E-state index in [0.29, 0.717) is 0 Å². The first-order chi connectivity index (χ1) is 6.95. The second-order valence-electron chi connectivity index (χ2n) is 4.95. The third kappa shape index (κ3) is 7.37. The van der Waals surface area contributed by atoms with Crippen LogP contribution in [0, 0.1) is 11.8 Å². The molecule has 0 spiro atoms. The van der Waals surface area contributed by atoms with Gasteiger partial charge in [-0.1, -0.05) is 40.5 Å². The lowest BCUT2D eigenvalue weighted by atomic mass is 10.0. The van der Waals surface area contributed by atoms with Crippen molar-refractivity contribution >= 4 is 5.91 Å². The second kappa shape index (κ2) is 7.69. The summed E-state index contributed by atoms with van der Waals surface area (Å²) < 4.78 is 0. The Morgan fingerprint density at radius 1 is 1.20 bits per heavy atom. The van der Waals surface area contributed by atoms with Crippen molar-refractivity contribution in [2.24, 2.45) is 17.6 Å². The van der Waals surface area contributed by atoms with E-state index in [0.717, 1.165) is 18.9 Å². The zero-order valence-electron chi connectivity index (χ0n) is 10.5.